The van der Waals surface area contributed by atoms with Crippen LogP contribution in [0.5, 0.6) is 0 Å². The first kappa shape index (κ1) is 35.1. The van der Waals surface area contributed by atoms with Gasteiger partial charge in [0.05, 0.1) is 22.1 Å². The molecule has 1 amide bonds. The van der Waals surface area contributed by atoms with Gasteiger partial charge in [-0.2, -0.15) is 0 Å². The molecule has 0 aliphatic carbocycles. The van der Waals surface area contributed by atoms with E-state index in [1.54, 1.807) is 52.9 Å². The predicted molar refractivity (Wildman–Crippen MR) is 183 cm³/mol. The number of amides is 1. The first-order valence-electron chi connectivity index (χ1n) is 15.9. The standard InChI is InChI=1S/C37H38F3N5O4/c1-8-19(2)43-23-17-26(39)31(27(40)18-23)34(46)44-28(36(48)49-37(4,5)6)15-21-9-11-24(33-32(21)41-13-14-42-33)30-20(3)25-16-22(38)10-12-29(25)45(7)35(30)47/h9-14,16-19,28,43H,8,15H2,1-7H3,(H,44,46)/t19-,28-/m0/s1. The maximum atomic E-state index is 15.2. The molecule has 49 heavy (non-hydrogen) atoms. The number of carbonyl (C=O) groups excluding carboxylic acids is 2. The number of anilines is 1. The summed E-state index contributed by atoms with van der Waals surface area (Å²) in [5.74, 6) is -4.62. The summed E-state index contributed by atoms with van der Waals surface area (Å²) in [5.41, 5.74) is 0.986. The van der Waals surface area contributed by atoms with E-state index in [2.05, 4.69) is 20.6 Å². The van der Waals surface area contributed by atoms with Crippen molar-refractivity contribution < 1.29 is 27.5 Å². The van der Waals surface area contributed by atoms with E-state index in [0.717, 1.165) is 12.1 Å². The van der Waals surface area contributed by atoms with E-state index in [1.807, 2.05) is 13.8 Å². The lowest BCUT2D eigenvalue weighted by atomic mass is 9.94. The number of fused-ring (bicyclic) bond motifs is 2. The highest BCUT2D eigenvalue weighted by Crippen LogP contribution is 2.32. The predicted octanol–water partition coefficient (Wildman–Crippen LogP) is 6.77. The Morgan fingerprint density at radius 1 is 0.980 bits per heavy atom. The van der Waals surface area contributed by atoms with Gasteiger partial charge in [-0.05, 0) is 82.5 Å². The Labute approximate surface area is 281 Å². The normalized spacial score (nSPS) is 12.9. The number of ether oxygens (including phenoxy) is 1. The number of carbonyl (C=O) groups is 2. The SMILES string of the molecule is CC[C@H](C)Nc1cc(F)c(C(=O)N[C@@H](Cc2ccc(-c3c(C)c4cc(F)ccc4n(C)c3=O)c3nccnc23)C(=O)OC(C)(C)C)c(F)c1. The lowest BCUT2D eigenvalue weighted by Crippen LogP contribution is -2.46. The number of halogens is 3. The van der Waals surface area contributed by atoms with Gasteiger partial charge in [0.15, 0.2) is 0 Å². The van der Waals surface area contributed by atoms with Gasteiger partial charge < -0.3 is 19.9 Å². The van der Waals surface area contributed by atoms with Crippen molar-refractivity contribution in [1.82, 2.24) is 19.9 Å². The van der Waals surface area contributed by atoms with Crippen molar-refractivity contribution in [3.05, 3.63) is 99.4 Å². The summed E-state index contributed by atoms with van der Waals surface area (Å²) in [5, 5.41) is 5.99. The monoisotopic (exact) mass is 673 g/mol. The molecule has 5 rings (SSSR count). The second-order valence-electron chi connectivity index (χ2n) is 13.1. The molecule has 0 fully saturated rings. The third-order valence-corrected chi connectivity index (χ3v) is 8.31. The van der Waals surface area contributed by atoms with E-state index in [-0.39, 0.29) is 23.7 Å². The molecule has 12 heteroatoms. The van der Waals surface area contributed by atoms with Crippen LogP contribution in [0.3, 0.4) is 0 Å². The van der Waals surface area contributed by atoms with E-state index in [9.17, 15) is 18.8 Å². The van der Waals surface area contributed by atoms with E-state index in [4.69, 9.17) is 4.74 Å². The highest BCUT2D eigenvalue weighted by molar-refractivity contribution is 5.99. The van der Waals surface area contributed by atoms with Crippen LogP contribution in [0.15, 0.2) is 59.7 Å². The molecule has 256 valence electrons. The fourth-order valence-corrected chi connectivity index (χ4v) is 5.75. The number of rotatable bonds is 9. The molecule has 3 aromatic carbocycles. The minimum Gasteiger partial charge on any atom is -0.458 e. The first-order chi connectivity index (χ1) is 23.1. The zero-order valence-electron chi connectivity index (χ0n) is 28.4. The molecule has 2 N–H and O–H groups in total. The van der Waals surface area contributed by atoms with Gasteiger partial charge in [-0.15, -0.1) is 0 Å². The van der Waals surface area contributed by atoms with Crippen LogP contribution in [-0.4, -0.2) is 44.1 Å². The lowest BCUT2D eigenvalue weighted by molar-refractivity contribution is -0.157. The molecule has 2 aromatic heterocycles. The maximum absolute atomic E-state index is 15.2. The summed E-state index contributed by atoms with van der Waals surface area (Å²) < 4.78 is 51.6. The Balaban J connectivity index is 1.57. The van der Waals surface area contributed by atoms with Crippen molar-refractivity contribution >= 4 is 39.5 Å². The zero-order chi connectivity index (χ0) is 35.8. The average molecular weight is 674 g/mol. The van der Waals surface area contributed by atoms with Crippen molar-refractivity contribution in [3.8, 4) is 11.1 Å². The largest absolute Gasteiger partial charge is 0.458 e. The molecule has 0 unspecified atom stereocenters. The average Bonchev–Trinajstić information content (AvgIpc) is 3.03. The highest BCUT2D eigenvalue weighted by Gasteiger charge is 2.31. The number of nitrogens with one attached hydrogen (secondary N) is 2. The van der Waals surface area contributed by atoms with Crippen LogP contribution in [-0.2, 0) is 23.0 Å². The maximum Gasteiger partial charge on any atom is 0.329 e. The molecule has 0 aliphatic rings. The zero-order valence-corrected chi connectivity index (χ0v) is 28.4. The van der Waals surface area contributed by atoms with Crippen LogP contribution in [0.1, 0.15) is 62.5 Å². The number of aromatic nitrogens is 3. The van der Waals surface area contributed by atoms with E-state index in [1.165, 1.54) is 29.1 Å². The van der Waals surface area contributed by atoms with Gasteiger partial charge in [-0.25, -0.2) is 18.0 Å². The van der Waals surface area contributed by atoms with Gasteiger partial charge in [0.2, 0.25) is 0 Å². The third-order valence-electron chi connectivity index (χ3n) is 8.31. The van der Waals surface area contributed by atoms with Gasteiger partial charge in [0.25, 0.3) is 11.5 Å². The molecule has 5 aromatic rings. The molecule has 2 heterocycles. The van der Waals surface area contributed by atoms with Crippen molar-refractivity contribution in [2.45, 2.75) is 72.1 Å². The topological polar surface area (TPSA) is 115 Å². The number of pyridine rings is 1. The van der Waals surface area contributed by atoms with Crippen molar-refractivity contribution in [2.75, 3.05) is 5.32 Å². The van der Waals surface area contributed by atoms with E-state index >= 15 is 8.78 Å². The smallest absolute Gasteiger partial charge is 0.329 e. The fraction of sp³-hybridized carbons (Fsp3) is 0.324. The Bertz CT molecular complexity index is 2140. The summed E-state index contributed by atoms with van der Waals surface area (Å²) >= 11 is 0. The summed E-state index contributed by atoms with van der Waals surface area (Å²) in [6.45, 7) is 10.5. The molecular weight excluding hydrogens is 635 g/mol. The van der Waals surface area contributed by atoms with E-state index < -0.39 is 46.5 Å². The van der Waals surface area contributed by atoms with Crippen LogP contribution < -0.4 is 16.2 Å². The molecular formula is C37H38F3N5O4. The van der Waals surface area contributed by atoms with Gasteiger partial charge in [-0.3, -0.25) is 19.6 Å². The highest BCUT2D eigenvalue weighted by atomic mass is 19.1. The molecule has 0 bridgehead atoms. The number of benzene rings is 3. The van der Waals surface area contributed by atoms with E-state index in [0.29, 0.717) is 50.6 Å². The number of hydrogen-bond acceptors (Lipinski definition) is 7. The fourth-order valence-electron chi connectivity index (χ4n) is 5.75. The summed E-state index contributed by atoms with van der Waals surface area (Å²) in [6, 6.07) is 8.10. The van der Waals surface area contributed by atoms with Crippen molar-refractivity contribution in [3.63, 3.8) is 0 Å². The lowest BCUT2D eigenvalue weighted by Gasteiger charge is -2.25. The molecule has 0 saturated heterocycles. The molecule has 2 atom stereocenters. The second-order valence-corrected chi connectivity index (χ2v) is 13.1. The quantitative estimate of drug-likeness (QED) is 0.166. The summed E-state index contributed by atoms with van der Waals surface area (Å²) in [4.78, 5) is 49.5. The summed E-state index contributed by atoms with van der Waals surface area (Å²) in [6.07, 6.45) is 3.42. The Kier molecular flexibility index (Phi) is 9.80. The van der Waals surface area contributed by atoms with Gasteiger partial charge in [0.1, 0.15) is 34.7 Å². The minimum absolute atomic E-state index is 0.0597. The van der Waals surface area contributed by atoms with Gasteiger partial charge >= 0.3 is 5.97 Å². The number of esters is 1. The summed E-state index contributed by atoms with van der Waals surface area (Å²) in [7, 11) is 1.60. The first-order valence-corrected chi connectivity index (χ1v) is 15.9. The molecule has 0 radical (unpaired) electrons. The van der Waals surface area contributed by atoms with Crippen LogP contribution in [0.25, 0.3) is 33.1 Å². The molecule has 0 aliphatic heterocycles. The third kappa shape index (κ3) is 7.28. The molecule has 0 spiro atoms. The Morgan fingerprint density at radius 2 is 1.63 bits per heavy atom. The van der Waals surface area contributed by atoms with Crippen LogP contribution >= 0.6 is 0 Å². The van der Waals surface area contributed by atoms with Gasteiger partial charge in [-0.1, -0.05) is 19.1 Å². The Morgan fingerprint density at radius 3 is 2.27 bits per heavy atom. The number of hydrogen-bond donors (Lipinski definition) is 2. The van der Waals surface area contributed by atoms with Crippen LogP contribution in [0.2, 0.25) is 0 Å². The van der Waals surface area contributed by atoms with Crippen molar-refractivity contribution in [2.24, 2.45) is 7.05 Å². The van der Waals surface area contributed by atoms with Crippen molar-refractivity contribution in [1.29, 1.82) is 0 Å². The molecule has 9 nitrogen and oxygen atoms in total. The minimum atomic E-state index is -1.39. The molecule has 0 saturated carbocycles. The van der Waals surface area contributed by atoms with Gasteiger partial charge in [0, 0.05) is 48.5 Å². The number of aryl methyl sites for hydroxylation is 2. The van der Waals surface area contributed by atoms with Crippen LogP contribution in [0, 0.1) is 24.4 Å². The van der Waals surface area contributed by atoms with Crippen LogP contribution in [0.4, 0.5) is 18.9 Å². The Hall–Kier alpha value is -5.26. The second kappa shape index (κ2) is 13.7. The number of nitrogens with zero attached hydrogens (tertiary/aromatic N) is 3.